The molecule has 0 saturated heterocycles. The normalized spacial score (nSPS) is 9.88. The highest BCUT2D eigenvalue weighted by Gasteiger charge is 2.01. The topological polar surface area (TPSA) is 30.5 Å². The molecule has 0 atom stereocenters. The summed E-state index contributed by atoms with van der Waals surface area (Å²) in [6.07, 6.45) is 0. The minimum Gasteiger partial charge on any atom is -0.493 e. The summed E-state index contributed by atoms with van der Waals surface area (Å²) in [7, 11) is 1.65. The summed E-state index contributed by atoms with van der Waals surface area (Å²) in [5, 5.41) is 3.33. The molecule has 1 aromatic carbocycles. The molecule has 17 heavy (non-hydrogen) atoms. The lowest BCUT2D eigenvalue weighted by atomic mass is 10.2. The van der Waals surface area contributed by atoms with Gasteiger partial charge in [0.05, 0.1) is 7.11 Å². The second-order valence-electron chi connectivity index (χ2n) is 4.10. The van der Waals surface area contributed by atoms with E-state index >= 15 is 0 Å². The lowest BCUT2D eigenvalue weighted by Gasteiger charge is -2.11. The van der Waals surface area contributed by atoms with Gasteiger partial charge in [0, 0.05) is 6.54 Å². The summed E-state index contributed by atoms with van der Waals surface area (Å²) in [4.78, 5) is 0. The third kappa shape index (κ3) is 6.39. The highest BCUT2D eigenvalue weighted by molar-refractivity contribution is 5.85. The lowest BCUT2D eigenvalue weighted by molar-refractivity contribution is 0.290. The summed E-state index contributed by atoms with van der Waals surface area (Å²) in [5.74, 6) is 2.26. The maximum absolute atomic E-state index is 5.62. The monoisotopic (exact) mass is 259 g/mol. The van der Waals surface area contributed by atoms with Crippen molar-refractivity contribution in [2.24, 2.45) is 5.92 Å². The van der Waals surface area contributed by atoms with Crippen LogP contribution in [0.2, 0.25) is 0 Å². The van der Waals surface area contributed by atoms with E-state index in [1.807, 2.05) is 24.3 Å². The molecule has 4 heteroatoms. The SMILES string of the molecule is COc1ccccc1OCCNCC(C)C.Cl. The molecular weight excluding hydrogens is 238 g/mol. The van der Waals surface area contributed by atoms with Gasteiger partial charge in [-0.3, -0.25) is 0 Å². The van der Waals surface area contributed by atoms with Gasteiger partial charge >= 0.3 is 0 Å². The Balaban J connectivity index is 0.00000256. The maximum atomic E-state index is 5.62. The largest absolute Gasteiger partial charge is 0.493 e. The summed E-state index contributed by atoms with van der Waals surface area (Å²) >= 11 is 0. The van der Waals surface area contributed by atoms with Crippen molar-refractivity contribution in [2.75, 3.05) is 26.8 Å². The molecular formula is C13H22ClNO2. The number of hydrogen-bond donors (Lipinski definition) is 1. The van der Waals surface area contributed by atoms with E-state index in [4.69, 9.17) is 9.47 Å². The fraction of sp³-hybridized carbons (Fsp3) is 0.538. The first-order valence-corrected chi connectivity index (χ1v) is 5.70. The molecule has 0 amide bonds. The van der Waals surface area contributed by atoms with Crippen molar-refractivity contribution < 1.29 is 9.47 Å². The zero-order chi connectivity index (χ0) is 11.8. The van der Waals surface area contributed by atoms with Crippen molar-refractivity contribution in [3.05, 3.63) is 24.3 Å². The highest BCUT2D eigenvalue weighted by atomic mass is 35.5. The van der Waals surface area contributed by atoms with Crippen LogP contribution in [0, 0.1) is 5.92 Å². The summed E-state index contributed by atoms with van der Waals surface area (Å²) in [5.41, 5.74) is 0. The Morgan fingerprint density at radius 1 is 1.18 bits per heavy atom. The summed E-state index contributed by atoms with van der Waals surface area (Å²) in [6, 6.07) is 7.69. The van der Waals surface area contributed by atoms with Gasteiger partial charge in [-0.1, -0.05) is 26.0 Å². The van der Waals surface area contributed by atoms with E-state index in [0.717, 1.165) is 24.6 Å². The Bertz CT molecular complexity index is 305. The molecule has 1 aromatic rings. The van der Waals surface area contributed by atoms with E-state index in [9.17, 15) is 0 Å². The fourth-order valence-corrected chi connectivity index (χ4v) is 1.36. The van der Waals surface area contributed by atoms with Crippen molar-refractivity contribution in [1.82, 2.24) is 5.32 Å². The molecule has 0 spiro atoms. The van der Waals surface area contributed by atoms with Crippen LogP contribution in [0.15, 0.2) is 24.3 Å². The first-order chi connectivity index (χ1) is 7.74. The summed E-state index contributed by atoms with van der Waals surface area (Å²) in [6.45, 7) is 6.92. The van der Waals surface area contributed by atoms with Gasteiger partial charge in [0.1, 0.15) is 6.61 Å². The molecule has 0 aliphatic rings. The van der Waals surface area contributed by atoms with Gasteiger partial charge in [0.2, 0.25) is 0 Å². The van der Waals surface area contributed by atoms with Gasteiger partial charge in [-0.2, -0.15) is 0 Å². The summed E-state index contributed by atoms with van der Waals surface area (Å²) < 4.78 is 10.8. The average Bonchev–Trinajstić information content (AvgIpc) is 2.29. The predicted octanol–water partition coefficient (Wildman–Crippen LogP) is 2.74. The van der Waals surface area contributed by atoms with Crippen LogP contribution in [-0.4, -0.2) is 26.8 Å². The van der Waals surface area contributed by atoms with Crippen LogP contribution in [0.3, 0.4) is 0 Å². The average molecular weight is 260 g/mol. The first-order valence-electron chi connectivity index (χ1n) is 5.70. The zero-order valence-corrected chi connectivity index (χ0v) is 11.5. The first kappa shape index (κ1) is 16.1. The van der Waals surface area contributed by atoms with Crippen LogP contribution in [0.1, 0.15) is 13.8 Å². The molecule has 1 rings (SSSR count). The Hall–Kier alpha value is -0.930. The quantitative estimate of drug-likeness (QED) is 0.764. The van der Waals surface area contributed by atoms with Gasteiger partial charge in [0.15, 0.2) is 11.5 Å². The molecule has 0 radical (unpaired) electrons. The minimum absolute atomic E-state index is 0. The highest BCUT2D eigenvalue weighted by Crippen LogP contribution is 2.25. The molecule has 0 aliphatic heterocycles. The van der Waals surface area contributed by atoms with Crippen molar-refractivity contribution in [3.63, 3.8) is 0 Å². The van der Waals surface area contributed by atoms with Gasteiger partial charge in [-0.15, -0.1) is 12.4 Å². The van der Waals surface area contributed by atoms with Gasteiger partial charge in [0.25, 0.3) is 0 Å². The fourth-order valence-electron chi connectivity index (χ4n) is 1.36. The third-order valence-electron chi connectivity index (χ3n) is 2.16. The number of halogens is 1. The predicted molar refractivity (Wildman–Crippen MR) is 73.4 cm³/mol. The maximum Gasteiger partial charge on any atom is 0.161 e. The number of methoxy groups -OCH3 is 1. The number of rotatable bonds is 7. The second-order valence-corrected chi connectivity index (χ2v) is 4.10. The molecule has 0 unspecified atom stereocenters. The minimum atomic E-state index is 0. The molecule has 0 bridgehead atoms. The molecule has 1 N–H and O–H groups in total. The van der Waals surface area contributed by atoms with E-state index in [-0.39, 0.29) is 12.4 Å². The van der Waals surface area contributed by atoms with Crippen molar-refractivity contribution in [1.29, 1.82) is 0 Å². The van der Waals surface area contributed by atoms with Crippen molar-refractivity contribution in [3.8, 4) is 11.5 Å². The smallest absolute Gasteiger partial charge is 0.161 e. The van der Waals surface area contributed by atoms with Gasteiger partial charge in [-0.25, -0.2) is 0 Å². The van der Waals surface area contributed by atoms with Crippen LogP contribution in [-0.2, 0) is 0 Å². The Morgan fingerprint density at radius 3 is 2.41 bits per heavy atom. The number of benzene rings is 1. The van der Waals surface area contributed by atoms with E-state index in [1.54, 1.807) is 7.11 Å². The van der Waals surface area contributed by atoms with Crippen LogP contribution < -0.4 is 14.8 Å². The van der Waals surface area contributed by atoms with E-state index in [2.05, 4.69) is 19.2 Å². The van der Waals surface area contributed by atoms with Crippen LogP contribution in [0.4, 0.5) is 0 Å². The van der Waals surface area contributed by atoms with Gasteiger partial charge < -0.3 is 14.8 Å². The number of nitrogens with one attached hydrogen (secondary N) is 1. The standard InChI is InChI=1S/C13H21NO2.ClH/c1-11(2)10-14-8-9-16-13-7-5-4-6-12(13)15-3;/h4-7,11,14H,8-10H2,1-3H3;1H. The Labute approximate surface area is 110 Å². The Morgan fingerprint density at radius 2 is 1.82 bits per heavy atom. The van der Waals surface area contributed by atoms with E-state index < -0.39 is 0 Å². The molecule has 98 valence electrons. The molecule has 0 aliphatic carbocycles. The van der Waals surface area contributed by atoms with Crippen LogP contribution in [0.25, 0.3) is 0 Å². The molecule has 0 heterocycles. The number of hydrogen-bond acceptors (Lipinski definition) is 3. The zero-order valence-electron chi connectivity index (χ0n) is 10.7. The van der Waals surface area contributed by atoms with Crippen molar-refractivity contribution >= 4 is 12.4 Å². The van der Waals surface area contributed by atoms with E-state index in [1.165, 1.54) is 0 Å². The number of para-hydroxylation sites is 2. The van der Waals surface area contributed by atoms with Gasteiger partial charge in [-0.05, 0) is 24.6 Å². The molecule has 0 saturated carbocycles. The second kappa shape index (κ2) is 9.14. The van der Waals surface area contributed by atoms with Crippen molar-refractivity contribution in [2.45, 2.75) is 13.8 Å². The lowest BCUT2D eigenvalue weighted by Crippen LogP contribution is -2.25. The molecule has 0 fully saturated rings. The van der Waals surface area contributed by atoms with Crippen LogP contribution in [0.5, 0.6) is 11.5 Å². The number of ether oxygens (including phenoxy) is 2. The molecule has 0 aromatic heterocycles. The molecule has 3 nitrogen and oxygen atoms in total. The Kier molecular flexibility index (Phi) is 8.64. The van der Waals surface area contributed by atoms with E-state index in [0.29, 0.717) is 12.5 Å². The third-order valence-corrected chi connectivity index (χ3v) is 2.16. The van der Waals surface area contributed by atoms with Crippen LogP contribution >= 0.6 is 12.4 Å².